The Hall–Kier alpha value is -1.61. The summed E-state index contributed by atoms with van der Waals surface area (Å²) in [5.41, 5.74) is 1.13. The monoisotopic (exact) mass is 259 g/mol. The van der Waals surface area contributed by atoms with Gasteiger partial charge in [-0.1, -0.05) is 49.4 Å². The molecule has 3 nitrogen and oxygen atoms in total. The Labute approximate surface area is 114 Å². The average Bonchev–Trinajstić information content (AvgIpc) is 2.99. The Morgan fingerprint density at radius 3 is 2.53 bits per heavy atom. The molecule has 102 valence electrons. The van der Waals surface area contributed by atoms with Crippen LogP contribution in [0.3, 0.4) is 0 Å². The van der Waals surface area contributed by atoms with Crippen molar-refractivity contribution in [3.63, 3.8) is 0 Å². The number of rotatable bonds is 5. The van der Waals surface area contributed by atoms with Gasteiger partial charge in [0.05, 0.1) is 12.6 Å². The molecule has 0 aliphatic heterocycles. The highest BCUT2D eigenvalue weighted by molar-refractivity contribution is 5.79. The molecule has 1 amide bonds. The van der Waals surface area contributed by atoms with Gasteiger partial charge in [0.1, 0.15) is 0 Å². The van der Waals surface area contributed by atoms with E-state index in [9.17, 15) is 9.90 Å². The first-order valence-electron chi connectivity index (χ1n) is 6.83. The first-order valence-corrected chi connectivity index (χ1v) is 6.83. The van der Waals surface area contributed by atoms with Gasteiger partial charge in [0.15, 0.2) is 0 Å². The predicted octanol–water partition coefficient (Wildman–Crippen LogP) is 2.23. The standard InChI is InChI=1S/C16H21NO2/c1-12(13-7-3-2-4-8-13)15(11-18)17-16(19)14-9-5-6-10-14/h2-8,12,14-15,18H,9-11H2,1H3,(H,17,19). The van der Waals surface area contributed by atoms with Crippen molar-refractivity contribution in [1.29, 1.82) is 0 Å². The van der Waals surface area contributed by atoms with Crippen LogP contribution in [-0.2, 0) is 4.79 Å². The third-order valence-electron chi connectivity index (χ3n) is 3.83. The Bertz CT molecular complexity index is 433. The molecule has 2 N–H and O–H groups in total. The Morgan fingerprint density at radius 1 is 1.32 bits per heavy atom. The lowest BCUT2D eigenvalue weighted by Crippen LogP contribution is -2.43. The molecule has 0 bridgehead atoms. The number of benzene rings is 1. The summed E-state index contributed by atoms with van der Waals surface area (Å²) in [6, 6.07) is 9.74. The van der Waals surface area contributed by atoms with Crippen molar-refractivity contribution in [2.24, 2.45) is 5.92 Å². The quantitative estimate of drug-likeness (QED) is 0.797. The number of allylic oxidation sites excluding steroid dienone is 2. The van der Waals surface area contributed by atoms with Crippen LogP contribution in [0.5, 0.6) is 0 Å². The lowest BCUT2D eigenvalue weighted by molar-refractivity contribution is -0.125. The van der Waals surface area contributed by atoms with Gasteiger partial charge in [-0.15, -0.1) is 0 Å². The smallest absolute Gasteiger partial charge is 0.224 e. The highest BCUT2D eigenvalue weighted by Gasteiger charge is 2.25. The van der Waals surface area contributed by atoms with Crippen molar-refractivity contribution in [1.82, 2.24) is 5.32 Å². The minimum absolute atomic E-state index is 0.0389. The molecule has 3 heteroatoms. The van der Waals surface area contributed by atoms with Crippen LogP contribution in [0, 0.1) is 5.92 Å². The molecule has 1 aromatic carbocycles. The summed E-state index contributed by atoms with van der Waals surface area (Å²) < 4.78 is 0. The number of nitrogens with one attached hydrogen (secondary N) is 1. The molecule has 1 aliphatic rings. The highest BCUT2D eigenvalue weighted by Crippen LogP contribution is 2.21. The first kappa shape index (κ1) is 13.8. The highest BCUT2D eigenvalue weighted by atomic mass is 16.3. The van der Waals surface area contributed by atoms with E-state index >= 15 is 0 Å². The molecule has 0 spiro atoms. The molecule has 19 heavy (non-hydrogen) atoms. The molecule has 2 rings (SSSR count). The molecule has 2 unspecified atom stereocenters. The van der Waals surface area contributed by atoms with Crippen LogP contribution in [0.25, 0.3) is 0 Å². The Morgan fingerprint density at radius 2 is 1.95 bits per heavy atom. The lowest BCUT2D eigenvalue weighted by atomic mass is 9.93. The largest absolute Gasteiger partial charge is 0.394 e. The molecule has 1 aromatic rings. The van der Waals surface area contributed by atoms with E-state index in [4.69, 9.17) is 0 Å². The van der Waals surface area contributed by atoms with Crippen LogP contribution in [0.4, 0.5) is 0 Å². The first-order chi connectivity index (χ1) is 9.22. The zero-order valence-electron chi connectivity index (χ0n) is 11.3. The minimum atomic E-state index is -0.226. The van der Waals surface area contributed by atoms with Crippen molar-refractivity contribution >= 4 is 5.91 Å². The van der Waals surface area contributed by atoms with Gasteiger partial charge in [0.25, 0.3) is 0 Å². The molecular weight excluding hydrogens is 238 g/mol. The molecule has 0 radical (unpaired) electrons. The molecule has 0 heterocycles. The van der Waals surface area contributed by atoms with Crippen molar-refractivity contribution < 1.29 is 9.90 Å². The normalized spacial score (nSPS) is 18.2. The fraction of sp³-hybridized carbons (Fsp3) is 0.438. The second kappa shape index (κ2) is 6.53. The number of aliphatic hydroxyl groups is 1. The van der Waals surface area contributed by atoms with E-state index in [2.05, 4.69) is 5.32 Å². The van der Waals surface area contributed by atoms with Crippen LogP contribution in [0.2, 0.25) is 0 Å². The maximum atomic E-state index is 12.1. The second-order valence-electron chi connectivity index (χ2n) is 5.14. The minimum Gasteiger partial charge on any atom is -0.394 e. The van der Waals surface area contributed by atoms with Gasteiger partial charge >= 0.3 is 0 Å². The van der Waals surface area contributed by atoms with Crippen LogP contribution >= 0.6 is 0 Å². The Kier molecular flexibility index (Phi) is 4.74. The van der Waals surface area contributed by atoms with E-state index in [0.717, 1.165) is 18.4 Å². The van der Waals surface area contributed by atoms with Crippen molar-refractivity contribution in [2.45, 2.75) is 31.7 Å². The summed E-state index contributed by atoms with van der Waals surface area (Å²) in [5, 5.41) is 12.5. The zero-order chi connectivity index (χ0) is 13.7. The third-order valence-corrected chi connectivity index (χ3v) is 3.83. The molecule has 0 saturated carbocycles. The van der Waals surface area contributed by atoms with Gasteiger partial charge in [-0.05, 0) is 18.4 Å². The molecule has 0 saturated heterocycles. The van der Waals surface area contributed by atoms with Crippen molar-refractivity contribution in [2.75, 3.05) is 6.61 Å². The summed E-state index contributed by atoms with van der Waals surface area (Å²) >= 11 is 0. The summed E-state index contributed by atoms with van der Waals surface area (Å²) in [4.78, 5) is 12.1. The predicted molar refractivity (Wildman–Crippen MR) is 75.7 cm³/mol. The van der Waals surface area contributed by atoms with E-state index in [1.165, 1.54) is 0 Å². The molecule has 0 fully saturated rings. The molecule has 1 aliphatic carbocycles. The maximum absolute atomic E-state index is 12.1. The van der Waals surface area contributed by atoms with E-state index in [1.807, 2.05) is 49.4 Å². The maximum Gasteiger partial charge on any atom is 0.224 e. The Balaban J connectivity index is 1.97. The van der Waals surface area contributed by atoms with E-state index in [-0.39, 0.29) is 30.4 Å². The van der Waals surface area contributed by atoms with Crippen LogP contribution in [0.1, 0.15) is 31.2 Å². The van der Waals surface area contributed by atoms with Gasteiger partial charge in [-0.2, -0.15) is 0 Å². The summed E-state index contributed by atoms with van der Waals surface area (Å²) in [7, 11) is 0. The van der Waals surface area contributed by atoms with Crippen LogP contribution in [-0.4, -0.2) is 23.7 Å². The molecular formula is C16H21NO2. The number of carbonyl (C=O) groups is 1. The van der Waals surface area contributed by atoms with Gasteiger partial charge in [0.2, 0.25) is 5.91 Å². The van der Waals surface area contributed by atoms with Crippen LogP contribution < -0.4 is 5.32 Å². The summed E-state index contributed by atoms with van der Waals surface area (Å²) in [6.07, 6.45) is 5.70. The average molecular weight is 259 g/mol. The summed E-state index contributed by atoms with van der Waals surface area (Å²) in [6.45, 7) is 1.99. The van der Waals surface area contributed by atoms with Crippen molar-refractivity contribution in [3.05, 3.63) is 48.0 Å². The fourth-order valence-corrected chi connectivity index (χ4v) is 2.45. The van der Waals surface area contributed by atoms with Gasteiger partial charge in [0, 0.05) is 11.8 Å². The molecule has 0 aromatic heterocycles. The van der Waals surface area contributed by atoms with Gasteiger partial charge < -0.3 is 10.4 Å². The number of amides is 1. The third kappa shape index (κ3) is 3.44. The SMILES string of the molecule is CC(c1ccccc1)C(CO)NC(=O)C1CC=CC1. The molecule has 2 atom stereocenters. The summed E-state index contributed by atoms with van der Waals surface area (Å²) in [5.74, 6) is 0.188. The lowest BCUT2D eigenvalue weighted by Gasteiger charge is -2.25. The van der Waals surface area contributed by atoms with Crippen molar-refractivity contribution in [3.8, 4) is 0 Å². The number of hydrogen-bond donors (Lipinski definition) is 2. The van der Waals surface area contributed by atoms with E-state index in [0.29, 0.717) is 0 Å². The number of carbonyl (C=O) groups excluding carboxylic acids is 1. The zero-order valence-corrected chi connectivity index (χ0v) is 11.3. The topological polar surface area (TPSA) is 49.3 Å². The fourth-order valence-electron chi connectivity index (χ4n) is 2.45. The van der Waals surface area contributed by atoms with E-state index in [1.54, 1.807) is 0 Å². The van der Waals surface area contributed by atoms with E-state index < -0.39 is 0 Å². The number of hydrogen-bond acceptors (Lipinski definition) is 2. The van der Waals surface area contributed by atoms with Gasteiger partial charge in [-0.3, -0.25) is 4.79 Å². The van der Waals surface area contributed by atoms with Gasteiger partial charge in [-0.25, -0.2) is 0 Å². The van der Waals surface area contributed by atoms with Crippen LogP contribution in [0.15, 0.2) is 42.5 Å². The second-order valence-corrected chi connectivity index (χ2v) is 5.14. The number of aliphatic hydroxyl groups excluding tert-OH is 1.